The van der Waals surface area contributed by atoms with Crippen molar-refractivity contribution in [3.8, 4) is 0 Å². The van der Waals surface area contributed by atoms with Crippen LogP contribution in [-0.2, 0) is 42.6 Å². The number of carbonyl (C=O) groups is 1. The quantitative estimate of drug-likeness (QED) is 0.387. The summed E-state index contributed by atoms with van der Waals surface area (Å²) in [4.78, 5) is 32.4. The van der Waals surface area contributed by atoms with Crippen molar-refractivity contribution in [2.45, 2.75) is 49.7 Å². The van der Waals surface area contributed by atoms with Crippen LogP contribution in [0.5, 0.6) is 0 Å². The van der Waals surface area contributed by atoms with Gasteiger partial charge in [0.2, 0.25) is 0 Å². The summed E-state index contributed by atoms with van der Waals surface area (Å²) in [6, 6.07) is 6.41. The Balaban J connectivity index is 1.72. The van der Waals surface area contributed by atoms with Crippen molar-refractivity contribution in [1.82, 2.24) is 4.98 Å². The molecular weight excluding hydrogens is 460 g/mol. The van der Waals surface area contributed by atoms with E-state index in [4.69, 9.17) is 35.4 Å². The first kappa shape index (κ1) is 21.8. The molecule has 3 aliphatic heterocycles. The zero-order valence-corrected chi connectivity index (χ0v) is 18.1. The van der Waals surface area contributed by atoms with Crippen LogP contribution in [0.25, 0.3) is 0 Å². The standard InChI is InChI=1S/C21H19ClN2O9/c1-20(33-24(27)28)10-30-18-17(20)31-16(14-7-23-6-11-8-29-9-15(11)14)21(18,32-19(25)26)12-2-4-13(22)5-3-12/h2-7,16-18H,8-10H2,1H3,(H,25,26). The highest BCUT2D eigenvalue weighted by Crippen LogP contribution is 2.58. The highest BCUT2D eigenvalue weighted by atomic mass is 35.5. The van der Waals surface area contributed by atoms with Crippen LogP contribution in [0.2, 0.25) is 5.02 Å². The van der Waals surface area contributed by atoms with Crippen molar-refractivity contribution in [2.75, 3.05) is 6.61 Å². The zero-order valence-electron chi connectivity index (χ0n) is 17.3. The number of halogens is 1. The minimum atomic E-state index is -1.72. The Labute approximate surface area is 192 Å². The molecule has 2 aromatic rings. The molecule has 1 aromatic carbocycles. The molecule has 3 aliphatic rings. The van der Waals surface area contributed by atoms with Gasteiger partial charge in [0.05, 0.1) is 19.8 Å². The molecule has 0 radical (unpaired) electrons. The molecule has 5 unspecified atom stereocenters. The molecule has 174 valence electrons. The summed E-state index contributed by atoms with van der Waals surface area (Å²) in [6.07, 6.45) is -1.47. The van der Waals surface area contributed by atoms with E-state index in [1.807, 2.05) is 0 Å². The normalized spacial score (nSPS) is 32.2. The third-order valence-corrected chi connectivity index (χ3v) is 6.57. The molecule has 12 heteroatoms. The number of aromatic nitrogens is 1. The maximum Gasteiger partial charge on any atom is 0.506 e. The predicted molar refractivity (Wildman–Crippen MR) is 109 cm³/mol. The van der Waals surface area contributed by atoms with E-state index in [2.05, 4.69) is 4.98 Å². The van der Waals surface area contributed by atoms with Crippen LogP contribution >= 0.6 is 11.6 Å². The fraction of sp³-hybridized carbons (Fsp3) is 0.429. The van der Waals surface area contributed by atoms with Crippen molar-refractivity contribution < 1.29 is 38.8 Å². The van der Waals surface area contributed by atoms with Gasteiger partial charge in [0.1, 0.15) is 18.3 Å². The highest BCUT2D eigenvalue weighted by Gasteiger charge is 2.70. The van der Waals surface area contributed by atoms with Crippen LogP contribution in [0.4, 0.5) is 4.79 Å². The Morgan fingerprint density at radius 2 is 2.03 bits per heavy atom. The van der Waals surface area contributed by atoms with Crippen LogP contribution in [-0.4, -0.2) is 45.7 Å². The van der Waals surface area contributed by atoms with Gasteiger partial charge in [0.15, 0.2) is 11.2 Å². The second-order valence-electron chi connectivity index (χ2n) is 8.32. The van der Waals surface area contributed by atoms with E-state index in [-0.39, 0.29) is 13.2 Å². The molecule has 0 bridgehead atoms. The predicted octanol–water partition coefficient (Wildman–Crippen LogP) is 3.16. The summed E-state index contributed by atoms with van der Waals surface area (Å²) in [7, 11) is 0. The number of pyridine rings is 1. The number of fused-ring (bicyclic) bond motifs is 2. The molecule has 2 saturated heterocycles. The van der Waals surface area contributed by atoms with Gasteiger partial charge in [-0.05, 0) is 24.6 Å². The molecule has 4 heterocycles. The van der Waals surface area contributed by atoms with Gasteiger partial charge in [0.25, 0.3) is 5.09 Å². The first-order valence-corrected chi connectivity index (χ1v) is 10.4. The molecule has 5 atom stereocenters. The molecular formula is C21H19ClN2O9. The van der Waals surface area contributed by atoms with Gasteiger partial charge in [-0.25, -0.2) is 4.79 Å². The zero-order chi connectivity index (χ0) is 23.4. The summed E-state index contributed by atoms with van der Waals surface area (Å²) >= 11 is 6.07. The Hall–Kier alpha value is -2.99. The number of benzene rings is 1. The van der Waals surface area contributed by atoms with Crippen LogP contribution in [0, 0.1) is 10.1 Å². The van der Waals surface area contributed by atoms with Crippen LogP contribution in [0.15, 0.2) is 36.7 Å². The van der Waals surface area contributed by atoms with Gasteiger partial charge in [0, 0.05) is 34.1 Å². The number of rotatable bonds is 5. The number of hydrogen-bond donors (Lipinski definition) is 1. The average molecular weight is 479 g/mol. The number of ether oxygens (including phenoxy) is 4. The highest BCUT2D eigenvalue weighted by molar-refractivity contribution is 6.30. The summed E-state index contributed by atoms with van der Waals surface area (Å²) < 4.78 is 23.4. The van der Waals surface area contributed by atoms with Crippen molar-refractivity contribution in [2.24, 2.45) is 0 Å². The number of hydrogen-bond acceptors (Lipinski definition) is 9. The van der Waals surface area contributed by atoms with Crippen molar-refractivity contribution in [3.63, 3.8) is 0 Å². The van der Waals surface area contributed by atoms with Crippen LogP contribution < -0.4 is 0 Å². The van der Waals surface area contributed by atoms with Gasteiger partial charge in [-0.3, -0.25) is 4.98 Å². The van der Waals surface area contributed by atoms with Crippen molar-refractivity contribution in [1.29, 1.82) is 0 Å². The molecule has 33 heavy (non-hydrogen) atoms. The van der Waals surface area contributed by atoms with E-state index in [9.17, 15) is 20.0 Å². The SMILES string of the molecule is CC1(O[N+](=O)[O-])COC2C1OC(c1cncc3c1COC3)C2(OC(=O)O)c1ccc(Cl)cc1. The summed E-state index contributed by atoms with van der Waals surface area (Å²) in [5.41, 5.74) is -0.642. The van der Waals surface area contributed by atoms with Gasteiger partial charge in [-0.15, -0.1) is 10.1 Å². The summed E-state index contributed by atoms with van der Waals surface area (Å²) in [6.45, 7) is 1.90. The molecule has 5 rings (SSSR count). The van der Waals surface area contributed by atoms with E-state index in [0.717, 1.165) is 11.1 Å². The lowest BCUT2D eigenvalue weighted by molar-refractivity contribution is -0.781. The third-order valence-electron chi connectivity index (χ3n) is 6.32. The van der Waals surface area contributed by atoms with Gasteiger partial charge in [-0.2, -0.15) is 0 Å². The Kier molecular flexibility index (Phi) is 5.16. The smallest absolute Gasteiger partial charge is 0.450 e. The molecule has 2 fully saturated rings. The topological polar surface area (TPSA) is 139 Å². The van der Waals surface area contributed by atoms with Gasteiger partial charge in [-0.1, -0.05) is 23.7 Å². The number of nitrogens with zero attached hydrogens (tertiary/aromatic N) is 2. The average Bonchev–Trinajstić information content (AvgIpc) is 3.43. The van der Waals surface area contributed by atoms with E-state index < -0.39 is 40.8 Å². The van der Waals surface area contributed by atoms with E-state index >= 15 is 0 Å². The summed E-state index contributed by atoms with van der Waals surface area (Å²) in [5.74, 6) is 0. The van der Waals surface area contributed by atoms with Crippen molar-refractivity contribution >= 4 is 17.8 Å². The van der Waals surface area contributed by atoms with Gasteiger partial charge >= 0.3 is 6.16 Å². The Bertz CT molecular complexity index is 1110. The fourth-order valence-corrected chi connectivity index (χ4v) is 5.06. The molecule has 1 aromatic heterocycles. The first-order chi connectivity index (χ1) is 15.7. The molecule has 0 spiro atoms. The molecule has 1 N–H and O–H groups in total. The fourth-order valence-electron chi connectivity index (χ4n) is 4.94. The lowest BCUT2D eigenvalue weighted by Gasteiger charge is -2.37. The minimum Gasteiger partial charge on any atom is -0.450 e. The number of carboxylic acid groups (broad SMARTS) is 1. The monoisotopic (exact) mass is 478 g/mol. The van der Waals surface area contributed by atoms with Crippen LogP contribution in [0.3, 0.4) is 0 Å². The maximum absolute atomic E-state index is 12.0. The lowest BCUT2D eigenvalue weighted by Crippen LogP contribution is -2.48. The Morgan fingerprint density at radius 1 is 1.27 bits per heavy atom. The third kappa shape index (κ3) is 3.39. The minimum absolute atomic E-state index is 0.206. The van der Waals surface area contributed by atoms with Crippen LogP contribution in [0.1, 0.15) is 35.3 Å². The first-order valence-electron chi connectivity index (χ1n) is 10.1. The molecule has 0 aliphatic carbocycles. The van der Waals surface area contributed by atoms with E-state index in [1.165, 1.54) is 6.92 Å². The molecule has 11 nitrogen and oxygen atoms in total. The van der Waals surface area contributed by atoms with Gasteiger partial charge < -0.3 is 28.9 Å². The Morgan fingerprint density at radius 3 is 2.73 bits per heavy atom. The second kappa shape index (κ2) is 7.80. The maximum atomic E-state index is 12.0. The van der Waals surface area contributed by atoms with E-state index in [0.29, 0.717) is 22.8 Å². The molecule has 0 saturated carbocycles. The van der Waals surface area contributed by atoms with Crippen molar-refractivity contribution in [3.05, 3.63) is 74.0 Å². The summed E-state index contributed by atoms with van der Waals surface area (Å²) in [5, 5.41) is 20.5. The molecule has 0 amide bonds. The largest absolute Gasteiger partial charge is 0.506 e. The van der Waals surface area contributed by atoms with E-state index in [1.54, 1.807) is 36.7 Å². The lowest BCUT2D eigenvalue weighted by atomic mass is 9.78. The second-order valence-corrected chi connectivity index (χ2v) is 8.76.